The van der Waals surface area contributed by atoms with Crippen LogP contribution in [0.3, 0.4) is 0 Å². The highest BCUT2D eigenvalue weighted by Crippen LogP contribution is 2.44. The van der Waals surface area contributed by atoms with Crippen molar-refractivity contribution in [1.82, 2.24) is 10.4 Å². The van der Waals surface area contributed by atoms with Crippen molar-refractivity contribution in [2.75, 3.05) is 6.61 Å². The number of carbonyl (C=O) groups excluding carboxylic acids is 4. The second-order valence-corrected chi connectivity index (χ2v) is 9.22. The maximum absolute atomic E-state index is 13.0. The zero-order valence-electron chi connectivity index (χ0n) is 19.2. The van der Waals surface area contributed by atoms with Gasteiger partial charge in [-0.05, 0) is 53.6 Å². The first-order chi connectivity index (χ1) is 17.5. The Morgan fingerprint density at radius 1 is 0.806 bits per heavy atom. The Hall–Kier alpha value is -4.46. The summed E-state index contributed by atoms with van der Waals surface area (Å²) in [7, 11) is 0. The van der Waals surface area contributed by atoms with Gasteiger partial charge in [0.15, 0.2) is 0 Å². The lowest BCUT2D eigenvalue weighted by Gasteiger charge is -2.39. The van der Waals surface area contributed by atoms with Gasteiger partial charge in [0.05, 0.1) is 11.1 Å². The molecule has 1 saturated carbocycles. The minimum absolute atomic E-state index is 0.101. The Bertz CT molecular complexity index is 1350. The topological polar surface area (TPSA) is 102 Å². The number of alkyl carbamates (subject to hydrolysis) is 1. The van der Waals surface area contributed by atoms with Crippen molar-refractivity contribution in [2.45, 2.75) is 30.7 Å². The molecule has 180 valence electrons. The number of hydroxylamine groups is 2. The van der Waals surface area contributed by atoms with Crippen molar-refractivity contribution < 1.29 is 28.8 Å². The van der Waals surface area contributed by atoms with E-state index in [1.165, 1.54) is 12.1 Å². The molecule has 3 aromatic carbocycles. The highest BCUT2D eigenvalue weighted by Gasteiger charge is 2.50. The first kappa shape index (κ1) is 22.0. The van der Waals surface area contributed by atoms with E-state index in [1.807, 2.05) is 48.5 Å². The van der Waals surface area contributed by atoms with Crippen LogP contribution in [-0.2, 0) is 14.4 Å². The lowest BCUT2D eigenvalue weighted by Crippen LogP contribution is -2.61. The average Bonchev–Trinajstić information content (AvgIpc) is 3.32. The van der Waals surface area contributed by atoms with Crippen LogP contribution in [-0.4, -0.2) is 41.1 Å². The average molecular weight is 482 g/mol. The lowest BCUT2D eigenvalue weighted by atomic mass is 9.77. The van der Waals surface area contributed by atoms with E-state index < -0.39 is 29.4 Å². The van der Waals surface area contributed by atoms with Gasteiger partial charge in [-0.15, -0.1) is 0 Å². The second-order valence-electron chi connectivity index (χ2n) is 9.22. The molecule has 36 heavy (non-hydrogen) atoms. The van der Waals surface area contributed by atoms with Gasteiger partial charge in [0.2, 0.25) is 0 Å². The predicted molar refractivity (Wildman–Crippen MR) is 128 cm³/mol. The summed E-state index contributed by atoms with van der Waals surface area (Å²) in [6.45, 7) is 0.101. The van der Waals surface area contributed by atoms with Crippen LogP contribution in [0.25, 0.3) is 11.1 Å². The molecule has 3 aliphatic rings. The standard InChI is InChI=1S/C28H22N2O6/c31-24-21-12-5-6-13-22(21)25(32)30(24)36-26(33)28(14-7-15-28)29-27(34)35-16-23-19-10-3-1-8-17(19)18-9-2-4-11-20(18)23/h1-6,8-13,23H,7,14-16H2,(H,29,34). The van der Waals surface area contributed by atoms with Crippen molar-refractivity contribution in [1.29, 1.82) is 0 Å². The molecule has 2 aliphatic carbocycles. The number of nitrogens with zero attached hydrogens (tertiary/aromatic N) is 1. The molecule has 3 aromatic rings. The van der Waals surface area contributed by atoms with E-state index in [2.05, 4.69) is 5.32 Å². The van der Waals surface area contributed by atoms with Crippen LogP contribution in [0.2, 0.25) is 0 Å². The smallest absolute Gasteiger partial charge is 0.408 e. The fourth-order valence-electron chi connectivity index (χ4n) is 5.16. The third-order valence-corrected chi connectivity index (χ3v) is 7.21. The molecular formula is C28H22N2O6. The van der Waals surface area contributed by atoms with Gasteiger partial charge in [0.25, 0.3) is 11.8 Å². The molecule has 0 bridgehead atoms. The molecule has 1 heterocycles. The van der Waals surface area contributed by atoms with Gasteiger partial charge in [-0.25, -0.2) is 9.59 Å². The van der Waals surface area contributed by atoms with E-state index in [4.69, 9.17) is 9.57 Å². The fraction of sp³-hybridized carbons (Fsp3) is 0.214. The molecule has 0 saturated heterocycles. The molecule has 1 aliphatic heterocycles. The monoisotopic (exact) mass is 482 g/mol. The van der Waals surface area contributed by atoms with E-state index in [0.717, 1.165) is 22.3 Å². The Labute approximate surface area is 206 Å². The molecule has 3 amide bonds. The Morgan fingerprint density at radius 3 is 1.81 bits per heavy atom. The van der Waals surface area contributed by atoms with Gasteiger partial charge < -0.3 is 14.9 Å². The van der Waals surface area contributed by atoms with Crippen LogP contribution in [0.5, 0.6) is 0 Å². The quantitative estimate of drug-likeness (QED) is 0.547. The van der Waals surface area contributed by atoms with Gasteiger partial charge >= 0.3 is 12.1 Å². The number of nitrogens with one attached hydrogen (secondary N) is 1. The number of amides is 3. The van der Waals surface area contributed by atoms with Crippen LogP contribution < -0.4 is 5.32 Å². The van der Waals surface area contributed by atoms with Crippen molar-refractivity contribution in [2.24, 2.45) is 0 Å². The van der Waals surface area contributed by atoms with Crippen molar-refractivity contribution >= 4 is 23.9 Å². The van der Waals surface area contributed by atoms with Crippen LogP contribution >= 0.6 is 0 Å². The van der Waals surface area contributed by atoms with Crippen molar-refractivity contribution in [3.8, 4) is 11.1 Å². The number of hydrogen-bond acceptors (Lipinski definition) is 6. The molecule has 6 rings (SSSR count). The van der Waals surface area contributed by atoms with Gasteiger partial charge in [-0.2, -0.15) is 0 Å². The normalized spacial score (nSPS) is 17.1. The third kappa shape index (κ3) is 3.37. The minimum Gasteiger partial charge on any atom is -0.449 e. The number of rotatable bonds is 5. The van der Waals surface area contributed by atoms with Crippen molar-refractivity contribution in [3.63, 3.8) is 0 Å². The van der Waals surface area contributed by atoms with Crippen LogP contribution in [0.15, 0.2) is 72.8 Å². The summed E-state index contributed by atoms with van der Waals surface area (Å²) in [4.78, 5) is 56.2. The Morgan fingerprint density at radius 2 is 1.31 bits per heavy atom. The molecule has 0 spiro atoms. The SMILES string of the molecule is O=C(NC1(C(=O)ON2C(=O)c3ccccc3C2=O)CCC1)OCC1c2ccccc2-c2ccccc21. The largest absolute Gasteiger partial charge is 0.449 e. The number of ether oxygens (including phenoxy) is 1. The highest BCUT2D eigenvalue weighted by atomic mass is 16.7. The van der Waals surface area contributed by atoms with Crippen molar-refractivity contribution in [3.05, 3.63) is 95.1 Å². The minimum atomic E-state index is -1.35. The molecule has 1 fully saturated rings. The molecule has 0 atom stereocenters. The number of carbonyl (C=O) groups is 4. The molecular weight excluding hydrogens is 460 g/mol. The Kier molecular flexibility index (Phi) is 5.10. The molecule has 1 N–H and O–H groups in total. The van der Waals surface area contributed by atoms with E-state index in [-0.39, 0.29) is 23.7 Å². The lowest BCUT2D eigenvalue weighted by molar-refractivity contribution is -0.180. The van der Waals surface area contributed by atoms with Gasteiger partial charge in [0, 0.05) is 5.92 Å². The third-order valence-electron chi connectivity index (χ3n) is 7.21. The molecule has 8 nitrogen and oxygen atoms in total. The maximum atomic E-state index is 13.0. The molecule has 0 aromatic heterocycles. The number of hydrogen-bond donors (Lipinski definition) is 1. The van der Waals surface area contributed by atoms with Gasteiger partial charge in [0.1, 0.15) is 12.1 Å². The summed E-state index contributed by atoms with van der Waals surface area (Å²) in [5, 5.41) is 3.11. The van der Waals surface area contributed by atoms with Gasteiger partial charge in [-0.1, -0.05) is 65.7 Å². The van der Waals surface area contributed by atoms with Gasteiger partial charge in [-0.3, -0.25) is 9.59 Å². The predicted octanol–water partition coefficient (Wildman–Crippen LogP) is 4.20. The van der Waals surface area contributed by atoms with Crippen LogP contribution in [0.1, 0.15) is 57.0 Å². The number of imide groups is 1. The fourth-order valence-corrected chi connectivity index (χ4v) is 5.16. The number of benzene rings is 3. The maximum Gasteiger partial charge on any atom is 0.408 e. The number of fused-ring (bicyclic) bond motifs is 4. The highest BCUT2D eigenvalue weighted by molar-refractivity contribution is 6.21. The summed E-state index contributed by atoms with van der Waals surface area (Å²) in [6, 6.07) is 22.3. The zero-order chi connectivity index (χ0) is 24.9. The molecule has 0 unspecified atom stereocenters. The first-order valence-electron chi connectivity index (χ1n) is 11.8. The van der Waals surface area contributed by atoms with E-state index in [1.54, 1.807) is 12.1 Å². The summed E-state index contributed by atoms with van der Waals surface area (Å²) >= 11 is 0. The summed E-state index contributed by atoms with van der Waals surface area (Å²) in [5.74, 6) is -2.40. The molecule has 0 radical (unpaired) electrons. The van der Waals surface area contributed by atoms with E-state index >= 15 is 0 Å². The molecule has 8 heteroatoms. The summed E-state index contributed by atoms with van der Waals surface area (Å²) in [5.41, 5.74) is 3.37. The van der Waals surface area contributed by atoms with Crippen LogP contribution in [0.4, 0.5) is 4.79 Å². The summed E-state index contributed by atoms with van der Waals surface area (Å²) in [6.07, 6.45) is 0.565. The second kappa shape index (κ2) is 8.34. The van der Waals surface area contributed by atoms with Crippen LogP contribution in [0, 0.1) is 0 Å². The zero-order valence-corrected chi connectivity index (χ0v) is 19.2. The summed E-state index contributed by atoms with van der Waals surface area (Å²) < 4.78 is 5.58. The van der Waals surface area contributed by atoms with E-state index in [9.17, 15) is 19.2 Å². The first-order valence-corrected chi connectivity index (χ1v) is 11.8. The van der Waals surface area contributed by atoms with E-state index in [0.29, 0.717) is 24.3 Å². The Balaban J connectivity index is 1.13.